The summed E-state index contributed by atoms with van der Waals surface area (Å²) in [6.07, 6.45) is -2.35. The fourth-order valence-electron chi connectivity index (χ4n) is 2.94. The summed E-state index contributed by atoms with van der Waals surface area (Å²) in [6, 6.07) is 4.76. The Balaban J connectivity index is 2.09. The quantitative estimate of drug-likeness (QED) is 0.806. The molecule has 146 valence electrons. The molecule has 0 unspecified atom stereocenters. The molecule has 0 aliphatic carbocycles. The SMILES string of the molecule is CCCCS(=O)(=O)N1CCC[C@H](C(=O)Nc2ccccc2C(F)(F)F)C1. The summed E-state index contributed by atoms with van der Waals surface area (Å²) in [7, 11) is -3.44. The molecule has 1 fully saturated rings. The number of hydrogen-bond acceptors (Lipinski definition) is 3. The van der Waals surface area contributed by atoms with Crippen LogP contribution in [0.4, 0.5) is 18.9 Å². The van der Waals surface area contributed by atoms with E-state index in [-0.39, 0.29) is 18.0 Å². The lowest BCUT2D eigenvalue weighted by atomic mass is 9.98. The van der Waals surface area contributed by atoms with E-state index in [1.165, 1.54) is 22.5 Å². The predicted molar refractivity (Wildman–Crippen MR) is 93.1 cm³/mol. The van der Waals surface area contributed by atoms with Gasteiger partial charge in [-0.25, -0.2) is 12.7 Å². The molecule has 0 radical (unpaired) electrons. The molecule has 1 atom stereocenters. The first kappa shape index (κ1) is 20.7. The number of piperidine rings is 1. The van der Waals surface area contributed by atoms with Gasteiger partial charge < -0.3 is 5.32 Å². The highest BCUT2D eigenvalue weighted by molar-refractivity contribution is 7.89. The van der Waals surface area contributed by atoms with Gasteiger partial charge in [0.05, 0.1) is 22.9 Å². The molecule has 1 N–H and O–H groups in total. The Labute approximate surface area is 151 Å². The molecule has 1 heterocycles. The number of rotatable bonds is 6. The first-order valence-corrected chi connectivity index (χ1v) is 10.2. The highest BCUT2D eigenvalue weighted by Gasteiger charge is 2.35. The minimum absolute atomic E-state index is 0.00602. The Hall–Kier alpha value is -1.61. The van der Waals surface area contributed by atoms with Crippen molar-refractivity contribution in [1.82, 2.24) is 4.31 Å². The van der Waals surface area contributed by atoms with Gasteiger partial charge in [0.1, 0.15) is 0 Å². The van der Waals surface area contributed by atoms with Crippen molar-refractivity contribution in [2.75, 3.05) is 24.2 Å². The molecule has 0 saturated carbocycles. The lowest BCUT2D eigenvalue weighted by Crippen LogP contribution is -2.44. The molecular formula is C17H23F3N2O3S. The number of sulfonamides is 1. The fraction of sp³-hybridized carbons (Fsp3) is 0.588. The van der Waals surface area contributed by atoms with Gasteiger partial charge in [-0.1, -0.05) is 25.5 Å². The summed E-state index contributed by atoms with van der Waals surface area (Å²) in [6.45, 7) is 2.24. The molecule has 1 aliphatic heterocycles. The second kappa shape index (κ2) is 8.39. The van der Waals surface area contributed by atoms with Gasteiger partial charge >= 0.3 is 6.18 Å². The third-order valence-corrected chi connectivity index (χ3v) is 6.32. The Bertz CT molecular complexity index is 735. The van der Waals surface area contributed by atoms with Crippen LogP contribution in [0.1, 0.15) is 38.2 Å². The van der Waals surface area contributed by atoms with Crippen molar-refractivity contribution < 1.29 is 26.4 Å². The summed E-state index contributed by atoms with van der Waals surface area (Å²) in [5.74, 6) is -1.23. The van der Waals surface area contributed by atoms with Crippen LogP contribution in [0.2, 0.25) is 0 Å². The van der Waals surface area contributed by atoms with Crippen molar-refractivity contribution in [3.05, 3.63) is 29.8 Å². The Morgan fingerprint density at radius 1 is 1.31 bits per heavy atom. The zero-order valence-corrected chi connectivity index (χ0v) is 15.4. The van der Waals surface area contributed by atoms with Crippen LogP contribution in [0, 0.1) is 5.92 Å². The van der Waals surface area contributed by atoms with E-state index >= 15 is 0 Å². The Morgan fingerprint density at radius 3 is 2.65 bits per heavy atom. The summed E-state index contributed by atoms with van der Waals surface area (Å²) in [5, 5.41) is 2.32. The van der Waals surface area contributed by atoms with Gasteiger partial charge in [-0.05, 0) is 31.4 Å². The number of unbranched alkanes of at least 4 members (excludes halogenated alkanes) is 1. The largest absolute Gasteiger partial charge is 0.418 e. The first-order chi connectivity index (χ1) is 12.1. The van der Waals surface area contributed by atoms with Crippen molar-refractivity contribution in [2.45, 2.75) is 38.8 Å². The van der Waals surface area contributed by atoms with E-state index in [2.05, 4.69) is 5.32 Å². The average Bonchev–Trinajstić information content (AvgIpc) is 2.59. The molecule has 5 nitrogen and oxygen atoms in total. The number of carbonyl (C=O) groups is 1. The monoisotopic (exact) mass is 392 g/mol. The molecule has 1 aliphatic rings. The van der Waals surface area contributed by atoms with E-state index in [4.69, 9.17) is 0 Å². The number of halogens is 3. The number of nitrogens with zero attached hydrogens (tertiary/aromatic N) is 1. The van der Waals surface area contributed by atoms with Crippen LogP contribution in [0.15, 0.2) is 24.3 Å². The predicted octanol–water partition coefficient (Wildman–Crippen LogP) is 3.49. The van der Waals surface area contributed by atoms with Crippen molar-refractivity contribution in [1.29, 1.82) is 0 Å². The van der Waals surface area contributed by atoms with Gasteiger partial charge in [0.15, 0.2) is 0 Å². The molecule has 0 bridgehead atoms. The second-order valence-corrected chi connectivity index (χ2v) is 8.49. The molecule has 1 amide bonds. The molecule has 0 spiro atoms. The maximum absolute atomic E-state index is 13.0. The van der Waals surface area contributed by atoms with E-state index in [1.54, 1.807) is 0 Å². The van der Waals surface area contributed by atoms with Crippen molar-refractivity contribution >= 4 is 21.6 Å². The molecule has 9 heteroatoms. The van der Waals surface area contributed by atoms with Crippen molar-refractivity contribution in [2.24, 2.45) is 5.92 Å². The van der Waals surface area contributed by atoms with E-state index in [9.17, 15) is 26.4 Å². The maximum Gasteiger partial charge on any atom is 0.418 e. The lowest BCUT2D eigenvalue weighted by Gasteiger charge is -2.31. The van der Waals surface area contributed by atoms with Gasteiger partial charge in [0, 0.05) is 13.1 Å². The first-order valence-electron chi connectivity index (χ1n) is 8.60. The number of anilines is 1. The number of para-hydroxylation sites is 1. The van der Waals surface area contributed by atoms with Crippen molar-refractivity contribution in [3.63, 3.8) is 0 Å². The van der Waals surface area contributed by atoms with Crippen LogP contribution in [0.5, 0.6) is 0 Å². The number of hydrogen-bond donors (Lipinski definition) is 1. The van der Waals surface area contributed by atoms with E-state index in [1.807, 2.05) is 6.92 Å². The van der Waals surface area contributed by atoms with Gasteiger partial charge in [0.25, 0.3) is 0 Å². The number of carbonyl (C=O) groups excluding carboxylic acids is 1. The molecule has 26 heavy (non-hydrogen) atoms. The Morgan fingerprint density at radius 2 is 2.00 bits per heavy atom. The summed E-state index contributed by atoms with van der Waals surface area (Å²) in [5.41, 5.74) is -1.23. The van der Waals surface area contributed by atoms with Crippen LogP contribution >= 0.6 is 0 Å². The maximum atomic E-state index is 13.0. The number of benzene rings is 1. The highest BCUT2D eigenvalue weighted by atomic mass is 32.2. The summed E-state index contributed by atoms with van der Waals surface area (Å²) >= 11 is 0. The normalized spacial score (nSPS) is 19.3. The van der Waals surface area contributed by atoms with Gasteiger partial charge in [-0.2, -0.15) is 13.2 Å². The zero-order chi connectivity index (χ0) is 19.4. The summed E-state index contributed by atoms with van der Waals surface area (Å²) < 4.78 is 65.0. The third kappa shape index (κ3) is 5.20. The zero-order valence-electron chi connectivity index (χ0n) is 14.6. The highest BCUT2D eigenvalue weighted by Crippen LogP contribution is 2.35. The van der Waals surface area contributed by atoms with Gasteiger partial charge in [0.2, 0.25) is 15.9 Å². The minimum Gasteiger partial charge on any atom is -0.325 e. The second-order valence-electron chi connectivity index (χ2n) is 6.40. The number of amides is 1. The number of nitrogens with one attached hydrogen (secondary N) is 1. The van der Waals surface area contributed by atoms with Gasteiger partial charge in [-0.15, -0.1) is 0 Å². The average molecular weight is 392 g/mol. The number of alkyl halides is 3. The summed E-state index contributed by atoms with van der Waals surface area (Å²) in [4.78, 5) is 12.4. The smallest absolute Gasteiger partial charge is 0.325 e. The van der Waals surface area contributed by atoms with Crippen LogP contribution < -0.4 is 5.32 Å². The minimum atomic E-state index is -4.58. The van der Waals surface area contributed by atoms with Gasteiger partial charge in [-0.3, -0.25) is 4.79 Å². The van der Waals surface area contributed by atoms with Crippen molar-refractivity contribution in [3.8, 4) is 0 Å². The van der Waals surface area contributed by atoms with E-state index in [0.717, 1.165) is 12.5 Å². The van der Waals surface area contributed by atoms with E-state index in [0.29, 0.717) is 25.8 Å². The topological polar surface area (TPSA) is 66.5 Å². The van der Waals surface area contributed by atoms with Crippen LogP contribution in [-0.2, 0) is 21.0 Å². The fourth-order valence-corrected chi connectivity index (χ4v) is 4.67. The molecule has 1 aromatic carbocycles. The lowest BCUT2D eigenvalue weighted by molar-refractivity contribution is -0.137. The third-order valence-electron chi connectivity index (χ3n) is 4.39. The van der Waals surface area contributed by atoms with Crippen LogP contribution in [0.25, 0.3) is 0 Å². The standard InChI is InChI=1S/C17H23F3N2O3S/c1-2-3-11-26(24,25)22-10-6-7-13(12-22)16(23)21-15-9-5-4-8-14(15)17(18,19)20/h4-5,8-9,13H,2-3,6-7,10-12H2,1H3,(H,21,23)/t13-/m0/s1. The Kier molecular flexibility index (Phi) is 6.68. The van der Waals surface area contributed by atoms with Crippen LogP contribution in [0.3, 0.4) is 0 Å². The molecule has 0 aromatic heterocycles. The molecular weight excluding hydrogens is 369 g/mol. The van der Waals surface area contributed by atoms with E-state index < -0.39 is 33.6 Å². The molecule has 1 aromatic rings. The molecule has 2 rings (SSSR count). The van der Waals surface area contributed by atoms with Crippen LogP contribution in [-0.4, -0.2) is 37.5 Å². The molecule has 1 saturated heterocycles.